The Hall–Kier alpha value is -2.89. The second kappa shape index (κ2) is 6.37. The van der Waals surface area contributed by atoms with Gasteiger partial charge in [0.25, 0.3) is 0 Å². The van der Waals surface area contributed by atoms with Gasteiger partial charge in [-0.05, 0) is 36.6 Å². The molecule has 0 bridgehead atoms. The number of rotatable bonds is 2. The highest BCUT2D eigenvalue weighted by molar-refractivity contribution is 6.25. The molecule has 1 spiro atoms. The van der Waals surface area contributed by atoms with Crippen LogP contribution in [-0.4, -0.2) is 28.5 Å². The minimum absolute atomic E-state index is 0.201. The number of hydrogen-bond donors (Lipinski definition) is 1. The number of ketones is 1. The number of carbonyl (C=O) groups is 2. The Morgan fingerprint density at radius 1 is 1.15 bits per heavy atom. The molecule has 1 fully saturated rings. The summed E-state index contributed by atoms with van der Waals surface area (Å²) in [7, 11) is 1.20. The standard InChI is InChI=1S/C21H20FNO4/c1-27-20(26)17-18(24)16-11-14(13-5-7-15(22)8-6-13)12-23(16)21(19(17)25)9-3-2-4-10-21/h5-8,11-12,25H,2-4,9-10H2,1H3. The molecule has 2 aromatic rings. The predicted molar refractivity (Wildman–Crippen MR) is 96.9 cm³/mol. The summed E-state index contributed by atoms with van der Waals surface area (Å²) < 4.78 is 19.8. The number of allylic oxidation sites excluding steroid dienone is 1. The zero-order chi connectivity index (χ0) is 19.2. The lowest BCUT2D eigenvalue weighted by atomic mass is 9.76. The van der Waals surface area contributed by atoms with Crippen LogP contribution in [0.1, 0.15) is 42.6 Å². The highest BCUT2D eigenvalue weighted by Gasteiger charge is 2.48. The van der Waals surface area contributed by atoms with Gasteiger partial charge in [-0.25, -0.2) is 9.18 Å². The second-order valence-corrected chi connectivity index (χ2v) is 7.13. The van der Waals surface area contributed by atoms with Crippen LogP contribution >= 0.6 is 0 Å². The number of benzene rings is 1. The summed E-state index contributed by atoms with van der Waals surface area (Å²) in [6, 6.07) is 7.70. The largest absolute Gasteiger partial charge is 0.509 e. The number of Topliss-reactive ketones (excluding diaryl/α,β-unsaturated/α-hetero) is 1. The number of ether oxygens (including phenoxy) is 1. The van der Waals surface area contributed by atoms with Crippen LogP contribution in [0, 0.1) is 5.82 Å². The number of fused-ring (bicyclic) bond motifs is 2. The SMILES string of the molecule is COC(=O)C1=C(O)C2(CCCCC2)n2cc(-c3ccc(F)cc3)cc2C1=O. The average Bonchev–Trinajstić information content (AvgIpc) is 3.14. The van der Waals surface area contributed by atoms with Crippen molar-refractivity contribution in [1.29, 1.82) is 0 Å². The molecule has 2 heterocycles. The van der Waals surface area contributed by atoms with Gasteiger partial charge in [-0.1, -0.05) is 31.4 Å². The Bertz CT molecular complexity index is 949. The lowest BCUT2D eigenvalue weighted by molar-refractivity contribution is -0.136. The van der Waals surface area contributed by atoms with E-state index in [2.05, 4.69) is 0 Å². The maximum atomic E-state index is 13.3. The van der Waals surface area contributed by atoms with Crippen LogP contribution in [0.4, 0.5) is 4.39 Å². The molecule has 0 saturated heterocycles. The van der Waals surface area contributed by atoms with Crippen molar-refractivity contribution < 1.29 is 23.8 Å². The number of carbonyl (C=O) groups excluding carboxylic acids is 2. The smallest absolute Gasteiger partial charge is 0.345 e. The maximum absolute atomic E-state index is 13.3. The van der Waals surface area contributed by atoms with Gasteiger partial charge in [0, 0.05) is 11.8 Å². The Morgan fingerprint density at radius 3 is 2.44 bits per heavy atom. The van der Waals surface area contributed by atoms with Gasteiger partial charge in [0.2, 0.25) is 5.78 Å². The fourth-order valence-corrected chi connectivity index (χ4v) is 4.28. The van der Waals surface area contributed by atoms with Crippen LogP contribution in [-0.2, 0) is 15.1 Å². The average molecular weight is 369 g/mol. The van der Waals surface area contributed by atoms with E-state index in [1.54, 1.807) is 22.8 Å². The molecule has 0 unspecified atom stereocenters. The molecule has 27 heavy (non-hydrogen) atoms. The summed E-state index contributed by atoms with van der Waals surface area (Å²) in [5.74, 6) is -1.91. The molecule has 1 N–H and O–H groups in total. The molecule has 1 aliphatic carbocycles. The summed E-state index contributed by atoms with van der Waals surface area (Å²) in [5.41, 5.74) is 0.743. The summed E-state index contributed by atoms with van der Waals surface area (Å²) in [4.78, 5) is 25.2. The van der Waals surface area contributed by atoms with Crippen molar-refractivity contribution in [3.63, 3.8) is 0 Å². The number of nitrogens with zero attached hydrogens (tertiary/aromatic N) is 1. The zero-order valence-electron chi connectivity index (χ0n) is 15.0. The van der Waals surface area contributed by atoms with E-state index in [4.69, 9.17) is 4.74 Å². The molecule has 0 radical (unpaired) electrons. The number of aromatic nitrogens is 1. The van der Waals surface area contributed by atoms with Crippen LogP contribution in [0.25, 0.3) is 11.1 Å². The Balaban J connectivity index is 1.91. The predicted octanol–water partition coefficient (Wildman–Crippen LogP) is 4.14. The van der Waals surface area contributed by atoms with E-state index in [9.17, 15) is 19.1 Å². The monoisotopic (exact) mass is 369 g/mol. The van der Waals surface area contributed by atoms with Crippen LogP contribution in [0.3, 0.4) is 0 Å². The molecular formula is C21H20FNO4. The second-order valence-electron chi connectivity index (χ2n) is 7.13. The number of aliphatic hydroxyl groups is 1. The van der Waals surface area contributed by atoms with Gasteiger partial charge in [0.1, 0.15) is 22.7 Å². The number of esters is 1. The molecule has 1 saturated carbocycles. The lowest BCUT2D eigenvalue weighted by Gasteiger charge is -2.42. The van der Waals surface area contributed by atoms with Crippen LogP contribution in [0.5, 0.6) is 0 Å². The number of halogens is 1. The van der Waals surface area contributed by atoms with Gasteiger partial charge in [0.15, 0.2) is 0 Å². The molecule has 5 nitrogen and oxygen atoms in total. The first-order chi connectivity index (χ1) is 13.0. The summed E-state index contributed by atoms with van der Waals surface area (Å²) in [6.45, 7) is 0. The van der Waals surface area contributed by atoms with Crippen LogP contribution in [0.15, 0.2) is 47.9 Å². The van der Waals surface area contributed by atoms with E-state index in [0.29, 0.717) is 18.5 Å². The van der Waals surface area contributed by atoms with Crippen molar-refractivity contribution in [2.24, 2.45) is 0 Å². The maximum Gasteiger partial charge on any atom is 0.345 e. The Kier molecular flexibility index (Phi) is 4.13. The minimum Gasteiger partial charge on any atom is -0.509 e. The van der Waals surface area contributed by atoms with E-state index < -0.39 is 17.3 Å². The van der Waals surface area contributed by atoms with Crippen molar-refractivity contribution in [2.45, 2.75) is 37.6 Å². The van der Waals surface area contributed by atoms with Gasteiger partial charge in [-0.15, -0.1) is 0 Å². The third-order valence-electron chi connectivity index (χ3n) is 5.67. The highest BCUT2D eigenvalue weighted by Crippen LogP contribution is 2.46. The number of methoxy groups -OCH3 is 1. The molecule has 6 heteroatoms. The zero-order valence-corrected chi connectivity index (χ0v) is 15.0. The van der Waals surface area contributed by atoms with Gasteiger partial charge in [-0.2, -0.15) is 0 Å². The highest BCUT2D eigenvalue weighted by atomic mass is 19.1. The molecule has 1 aromatic carbocycles. The minimum atomic E-state index is -0.821. The van der Waals surface area contributed by atoms with E-state index in [-0.39, 0.29) is 17.1 Å². The molecule has 2 aliphatic rings. The molecule has 0 amide bonds. The van der Waals surface area contributed by atoms with Crippen molar-refractivity contribution in [3.05, 3.63) is 59.4 Å². The molecular weight excluding hydrogens is 349 g/mol. The van der Waals surface area contributed by atoms with Gasteiger partial charge in [0.05, 0.1) is 12.8 Å². The topological polar surface area (TPSA) is 68.5 Å². The van der Waals surface area contributed by atoms with E-state index in [0.717, 1.165) is 30.4 Å². The first kappa shape index (κ1) is 17.5. The van der Waals surface area contributed by atoms with Crippen molar-refractivity contribution in [3.8, 4) is 11.1 Å². The van der Waals surface area contributed by atoms with Crippen LogP contribution in [0.2, 0.25) is 0 Å². The Labute approximate surface area is 156 Å². The van der Waals surface area contributed by atoms with E-state index in [1.165, 1.54) is 19.2 Å². The molecule has 1 aromatic heterocycles. The van der Waals surface area contributed by atoms with E-state index in [1.807, 2.05) is 6.20 Å². The van der Waals surface area contributed by atoms with Crippen LogP contribution < -0.4 is 0 Å². The van der Waals surface area contributed by atoms with Crippen molar-refractivity contribution in [1.82, 2.24) is 4.57 Å². The molecule has 140 valence electrons. The first-order valence-electron chi connectivity index (χ1n) is 9.03. The lowest BCUT2D eigenvalue weighted by Crippen LogP contribution is -2.45. The van der Waals surface area contributed by atoms with E-state index >= 15 is 0 Å². The van der Waals surface area contributed by atoms with Gasteiger partial charge in [-0.3, -0.25) is 4.79 Å². The van der Waals surface area contributed by atoms with Crippen molar-refractivity contribution >= 4 is 11.8 Å². The third-order valence-corrected chi connectivity index (χ3v) is 5.67. The third kappa shape index (κ3) is 2.59. The molecule has 4 rings (SSSR count). The molecule has 1 aliphatic heterocycles. The summed E-state index contributed by atoms with van der Waals surface area (Å²) in [6.07, 6.45) is 5.90. The van der Waals surface area contributed by atoms with Gasteiger partial charge < -0.3 is 14.4 Å². The fraction of sp³-hybridized carbons (Fsp3) is 0.333. The molecule has 0 atom stereocenters. The number of aliphatic hydroxyl groups excluding tert-OH is 1. The normalized spacial score (nSPS) is 18.5. The Morgan fingerprint density at radius 2 is 1.81 bits per heavy atom. The quantitative estimate of drug-likeness (QED) is 0.638. The number of hydrogen-bond acceptors (Lipinski definition) is 4. The summed E-state index contributed by atoms with van der Waals surface area (Å²) >= 11 is 0. The summed E-state index contributed by atoms with van der Waals surface area (Å²) in [5, 5.41) is 11.0. The van der Waals surface area contributed by atoms with Crippen molar-refractivity contribution in [2.75, 3.05) is 7.11 Å². The first-order valence-corrected chi connectivity index (χ1v) is 9.03. The van der Waals surface area contributed by atoms with Gasteiger partial charge >= 0.3 is 5.97 Å². The fourth-order valence-electron chi connectivity index (χ4n) is 4.28.